The largest absolute Gasteiger partial charge is 0.512 e. The maximum absolute atomic E-state index is 14.5. The Labute approximate surface area is 195 Å². The van der Waals surface area contributed by atoms with E-state index in [0.29, 0.717) is 33.3 Å². The number of aliphatic hydroxyl groups is 1. The molecule has 0 saturated heterocycles. The number of aliphatic hydroxyl groups excluding tert-OH is 1. The molecule has 0 fully saturated rings. The lowest BCUT2D eigenvalue weighted by molar-refractivity contribution is 0.0692. The molecule has 3 heterocycles. The fraction of sp³-hybridized carbons (Fsp3) is 0.154. The van der Waals surface area contributed by atoms with Gasteiger partial charge in [0, 0.05) is 41.0 Å². The Balaban J connectivity index is 1.98. The van der Waals surface area contributed by atoms with Gasteiger partial charge < -0.3 is 20.2 Å². The number of pyridine rings is 2. The first-order valence-electron chi connectivity index (χ1n) is 10.6. The summed E-state index contributed by atoms with van der Waals surface area (Å²) in [7, 11) is 0. The van der Waals surface area contributed by atoms with Gasteiger partial charge in [-0.15, -0.1) is 0 Å². The minimum atomic E-state index is -1.33. The van der Waals surface area contributed by atoms with Gasteiger partial charge in [0.05, 0.1) is 34.1 Å². The third kappa shape index (κ3) is 4.05. The second-order valence-corrected chi connectivity index (χ2v) is 8.06. The molecule has 3 aromatic heterocycles. The van der Waals surface area contributed by atoms with Crippen LogP contribution >= 0.6 is 0 Å². The number of hydrogen-bond acceptors (Lipinski definition) is 5. The van der Waals surface area contributed by atoms with Gasteiger partial charge in [0.2, 0.25) is 0 Å². The van der Waals surface area contributed by atoms with Crippen LogP contribution in [0.15, 0.2) is 66.8 Å². The minimum absolute atomic E-state index is 0.0103. The highest BCUT2D eigenvalue weighted by molar-refractivity contribution is 6.22. The highest BCUT2D eigenvalue weighted by atomic mass is 19.1. The molecule has 0 aliphatic carbocycles. The number of rotatable bonds is 6. The summed E-state index contributed by atoms with van der Waals surface area (Å²) in [6.07, 6.45) is 5.11. The fourth-order valence-corrected chi connectivity index (χ4v) is 4.11. The van der Waals surface area contributed by atoms with Gasteiger partial charge in [-0.25, -0.2) is 9.18 Å². The summed E-state index contributed by atoms with van der Waals surface area (Å²) >= 11 is 0. The zero-order valence-electron chi connectivity index (χ0n) is 18.9. The molecule has 0 bridgehead atoms. The molecule has 34 heavy (non-hydrogen) atoms. The predicted molar refractivity (Wildman–Crippen MR) is 129 cm³/mol. The molecule has 0 aliphatic heterocycles. The normalized spacial score (nSPS) is 12.9. The van der Waals surface area contributed by atoms with Crippen LogP contribution in [0.4, 0.5) is 4.39 Å². The van der Waals surface area contributed by atoms with Crippen molar-refractivity contribution in [2.45, 2.75) is 26.8 Å². The van der Waals surface area contributed by atoms with Crippen LogP contribution in [0.5, 0.6) is 0 Å². The number of allylic oxidation sites excluding steroid dienone is 2. The van der Waals surface area contributed by atoms with Gasteiger partial charge in [0.25, 0.3) is 0 Å². The van der Waals surface area contributed by atoms with E-state index in [1.165, 1.54) is 19.1 Å². The molecule has 4 aromatic rings. The van der Waals surface area contributed by atoms with Gasteiger partial charge in [0.1, 0.15) is 5.82 Å². The second kappa shape index (κ2) is 8.90. The number of hydrogen-bond donors (Lipinski definition) is 3. The van der Waals surface area contributed by atoms with Crippen LogP contribution in [-0.2, 0) is 0 Å². The van der Waals surface area contributed by atoms with Crippen molar-refractivity contribution in [1.29, 1.82) is 5.41 Å². The molecule has 1 atom stereocenters. The molecule has 0 amide bonds. The Kier molecular flexibility index (Phi) is 5.98. The van der Waals surface area contributed by atoms with Crippen LogP contribution in [0.3, 0.4) is 0 Å². The zero-order valence-corrected chi connectivity index (χ0v) is 18.9. The Morgan fingerprint density at radius 3 is 2.47 bits per heavy atom. The van der Waals surface area contributed by atoms with Gasteiger partial charge >= 0.3 is 5.97 Å². The number of carboxylic acids is 1. The van der Waals surface area contributed by atoms with Gasteiger partial charge in [0.15, 0.2) is 0 Å². The Bertz CT molecular complexity index is 1450. The van der Waals surface area contributed by atoms with Crippen molar-refractivity contribution in [3.8, 4) is 11.1 Å². The molecule has 0 saturated carbocycles. The van der Waals surface area contributed by atoms with Crippen molar-refractivity contribution in [2.75, 3.05) is 0 Å². The molecule has 8 heteroatoms. The van der Waals surface area contributed by atoms with Crippen molar-refractivity contribution in [3.05, 3.63) is 89.5 Å². The quantitative estimate of drug-likeness (QED) is 0.247. The topological polar surface area (TPSA) is 112 Å². The number of aromatic nitrogens is 3. The second-order valence-electron chi connectivity index (χ2n) is 8.06. The number of benzene rings is 1. The van der Waals surface area contributed by atoms with E-state index >= 15 is 0 Å². The summed E-state index contributed by atoms with van der Waals surface area (Å²) in [6.45, 7) is 5.08. The Morgan fingerprint density at radius 2 is 1.88 bits per heavy atom. The van der Waals surface area contributed by atoms with E-state index in [-0.39, 0.29) is 17.5 Å². The molecular weight excluding hydrogens is 435 g/mol. The molecule has 0 spiro atoms. The van der Waals surface area contributed by atoms with Crippen molar-refractivity contribution >= 4 is 28.3 Å². The van der Waals surface area contributed by atoms with Crippen molar-refractivity contribution in [3.63, 3.8) is 0 Å². The predicted octanol–water partition coefficient (Wildman–Crippen LogP) is 5.87. The highest BCUT2D eigenvalue weighted by Crippen LogP contribution is 2.35. The van der Waals surface area contributed by atoms with E-state index in [2.05, 4.69) is 9.97 Å². The van der Waals surface area contributed by atoms with Crippen LogP contribution in [-0.4, -0.2) is 36.4 Å². The van der Waals surface area contributed by atoms with E-state index in [4.69, 9.17) is 10.5 Å². The van der Waals surface area contributed by atoms with Crippen LogP contribution < -0.4 is 0 Å². The van der Waals surface area contributed by atoms with Crippen molar-refractivity contribution < 1.29 is 19.4 Å². The summed E-state index contributed by atoms with van der Waals surface area (Å²) in [6, 6.07) is 11.2. The van der Waals surface area contributed by atoms with Crippen molar-refractivity contribution in [2.24, 2.45) is 0 Å². The van der Waals surface area contributed by atoms with Gasteiger partial charge in [-0.05, 0) is 56.7 Å². The van der Waals surface area contributed by atoms with E-state index in [0.717, 1.165) is 5.69 Å². The van der Waals surface area contributed by atoms with Crippen molar-refractivity contribution in [1.82, 2.24) is 14.5 Å². The van der Waals surface area contributed by atoms with Gasteiger partial charge in [-0.2, -0.15) is 0 Å². The Hall–Kier alpha value is -4.33. The lowest BCUT2D eigenvalue weighted by Crippen LogP contribution is -2.07. The monoisotopic (exact) mass is 458 g/mol. The van der Waals surface area contributed by atoms with E-state index in [1.807, 2.05) is 42.0 Å². The number of fused-ring (bicyclic) bond motifs is 1. The van der Waals surface area contributed by atoms with Crippen LogP contribution in [0.2, 0.25) is 0 Å². The van der Waals surface area contributed by atoms with Crippen LogP contribution in [0, 0.1) is 11.2 Å². The lowest BCUT2D eigenvalue weighted by Gasteiger charge is -2.15. The Morgan fingerprint density at radius 1 is 1.12 bits per heavy atom. The number of carbonyl (C=O) groups is 1. The summed E-state index contributed by atoms with van der Waals surface area (Å²) in [4.78, 5) is 20.3. The van der Waals surface area contributed by atoms with E-state index in [1.54, 1.807) is 25.4 Å². The molecule has 3 N–H and O–H groups in total. The smallest absolute Gasteiger partial charge is 0.338 e. The average Bonchev–Trinajstić information content (AvgIpc) is 3.17. The minimum Gasteiger partial charge on any atom is -0.512 e. The first-order valence-corrected chi connectivity index (χ1v) is 10.6. The number of aromatic carboxylic acids is 1. The highest BCUT2D eigenvalue weighted by Gasteiger charge is 2.21. The summed E-state index contributed by atoms with van der Waals surface area (Å²) < 4.78 is 16.4. The van der Waals surface area contributed by atoms with Gasteiger partial charge in [-0.3, -0.25) is 9.97 Å². The third-order valence-corrected chi connectivity index (χ3v) is 5.74. The molecule has 0 unspecified atom stereocenters. The van der Waals surface area contributed by atoms with Crippen LogP contribution in [0.25, 0.3) is 27.7 Å². The molecule has 1 aromatic carbocycles. The first-order chi connectivity index (χ1) is 16.2. The fourth-order valence-electron chi connectivity index (χ4n) is 4.11. The maximum atomic E-state index is 14.5. The SMILES string of the molecule is CC(=N)/C(=C(/C)O)c1cnc2c(-c3ccc(C(=O)O)c(F)c3)cn([C@@H](C)c3ccccn3)c2c1. The summed E-state index contributed by atoms with van der Waals surface area (Å²) in [5.41, 5.74) is 3.94. The number of nitrogens with zero attached hydrogens (tertiary/aromatic N) is 3. The van der Waals surface area contributed by atoms with E-state index < -0.39 is 17.3 Å². The maximum Gasteiger partial charge on any atom is 0.338 e. The molecule has 7 nitrogen and oxygen atoms in total. The zero-order chi connectivity index (χ0) is 24.6. The number of carboxylic acid groups (broad SMARTS) is 1. The average molecular weight is 458 g/mol. The number of halogens is 1. The molecule has 0 radical (unpaired) electrons. The first kappa shape index (κ1) is 22.8. The lowest BCUT2D eigenvalue weighted by atomic mass is 10.0. The summed E-state index contributed by atoms with van der Waals surface area (Å²) in [5, 5.41) is 27.4. The third-order valence-electron chi connectivity index (χ3n) is 5.74. The standard InChI is InChI=1S/C26H23FN4O3/c1-14(28)24(16(3)32)18-11-23-25(30-12-18)20(17-7-8-19(26(33)34)21(27)10-17)13-31(23)15(2)22-6-4-5-9-29-22/h4-13,15,28,32H,1-3H3,(H,33,34)/b24-16+,28-14?/t15-/m0/s1. The van der Waals surface area contributed by atoms with E-state index in [9.17, 15) is 14.3 Å². The molecule has 172 valence electrons. The molecular formula is C26H23FN4O3. The molecule has 4 rings (SSSR count). The number of nitrogens with one attached hydrogen (secondary N) is 1. The van der Waals surface area contributed by atoms with Crippen LogP contribution in [0.1, 0.15) is 48.4 Å². The van der Waals surface area contributed by atoms with Gasteiger partial charge in [-0.1, -0.05) is 12.1 Å². The molecule has 0 aliphatic rings. The summed E-state index contributed by atoms with van der Waals surface area (Å²) in [5.74, 6) is -2.16.